The monoisotopic (exact) mass is 265 g/mol. The van der Waals surface area contributed by atoms with E-state index in [4.69, 9.17) is 9.47 Å². The van der Waals surface area contributed by atoms with Crippen molar-refractivity contribution in [1.29, 1.82) is 0 Å². The maximum Gasteiger partial charge on any atom is 0.124 e. The van der Waals surface area contributed by atoms with Crippen molar-refractivity contribution in [3.63, 3.8) is 0 Å². The van der Waals surface area contributed by atoms with Crippen LogP contribution in [0.2, 0.25) is 0 Å². The zero-order valence-corrected chi connectivity index (χ0v) is 12.9. The summed E-state index contributed by atoms with van der Waals surface area (Å²) >= 11 is 0. The SMILES string of the molecule is CCCOCCC(NC)c1c(C)cc(C)cc1OC. The molecule has 1 atom stereocenters. The fourth-order valence-electron chi connectivity index (χ4n) is 2.44. The molecule has 3 heteroatoms. The molecule has 1 aromatic carbocycles. The van der Waals surface area contributed by atoms with Gasteiger partial charge in [-0.25, -0.2) is 0 Å². The van der Waals surface area contributed by atoms with Crippen molar-refractivity contribution in [2.75, 3.05) is 27.4 Å². The van der Waals surface area contributed by atoms with Crippen LogP contribution in [0.5, 0.6) is 5.75 Å². The highest BCUT2D eigenvalue weighted by atomic mass is 16.5. The number of hydrogen-bond donors (Lipinski definition) is 1. The van der Waals surface area contributed by atoms with Crippen LogP contribution in [-0.2, 0) is 4.74 Å². The molecule has 1 N–H and O–H groups in total. The second kappa shape index (κ2) is 8.18. The summed E-state index contributed by atoms with van der Waals surface area (Å²) < 4.78 is 11.1. The van der Waals surface area contributed by atoms with E-state index in [0.29, 0.717) is 0 Å². The molecule has 1 aromatic rings. The van der Waals surface area contributed by atoms with Crippen LogP contribution < -0.4 is 10.1 Å². The first-order chi connectivity index (χ1) is 9.13. The van der Waals surface area contributed by atoms with E-state index in [1.807, 2.05) is 7.05 Å². The molecule has 1 rings (SSSR count). The summed E-state index contributed by atoms with van der Waals surface area (Å²) in [6, 6.07) is 4.57. The summed E-state index contributed by atoms with van der Waals surface area (Å²) in [4.78, 5) is 0. The first-order valence-corrected chi connectivity index (χ1v) is 7.04. The van der Waals surface area contributed by atoms with Gasteiger partial charge in [0.2, 0.25) is 0 Å². The molecule has 0 aliphatic heterocycles. The van der Waals surface area contributed by atoms with Gasteiger partial charge in [0.15, 0.2) is 0 Å². The van der Waals surface area contributed by atoms with Gasteiger partial charge in [-0.15, -0.1) is 0 Å². The van der Waals surface area contributed by atoms with E-state index in [-0.39, 0.29) is 6.04 Å². The van der Waals surface area contributed by atoms with Crippen LogP contribution in [0.3, 0.4) is 0 Å². The quantitative estimate of drug-likeness (QED) is 0.731. The Balaban J connectivity index is 2.85. The van der Waals surface area contributed by atoms with Crippen molar-refractivity contribution < 1.29 is 9.47 Å². The van der Waals surface area contributed by atoms with Crippen LogP contribution in [0.4, 0.5) is 0 Å². The minimum absolute atomic E-state index is 0.271. The maximum absolute atomic E-state index is 5.59. The van der Waals surface area contributed by atoms with Gasteiger partial charge in [0.25, 0.3) is 0 Å². The average Bonchev–Trinajstić information content (AvgIpc) is 2.39. The van der Waals surface area contributed by atoms with Crippen LogP contribution >= 0.6 is 0 Å². The number of rotatable bonds is 8. The molecule has 0 aliphatic rings. The summed E-state index contributed by atoms with van der Waals surface area (Å²) in [5.74, 6) is 0.965. The van der Waals surface area contributed by atoms with E-state index in [1.165, 1.54) is 16.7 Å². The van der Waals surface area contributed by atoms with Crippen LogP contribution in [0.15, 0.2) is 12.1 Å². The number of benzene rings is 1. The molecule has 0 radical (unpaired) electrons. The molecular formula is C16H27NO2. The van der Waals surface area contributed by atoms with Crippen LogP contribution in [0.1, 0.15) is 42.5 Å². The van der Waals surface area contributed by atoms with E-state index < -0.39 is 0 Å². The Kier molecular flexibility index (Phi) is 6.89. The lowest BCUT2D eigenvalue weighted by molar-refractivity contribution is 0.125. The largest absolute Gasteiger partial charge is 0.496 e. The highest BCUT2D eigenvalue weighted by Crippen LogP contribution is 2.31. The summed E-state index contributed by atoms with van der Waals surface area (Å²) in [7, 11) is 3.72. The molecule has 3 nitrogen and oxygen atoms in total. The Bertz CT molecular complexity index is 391. The molecule has 1 unspecified atom stereocenters. The normalized spacial score (nSPS) is 12.5. The molecule has 19 heavy (non-hydrogen) atoms. The molecule has 0 saturated carbocycles. The smallest absolute Gasteiger partial charge is 0.124 e. The highest BCUT2D eigenvalue weighted by molar-refractivity contribution is 5.45. The van der Waals surface area contributed by atoms with Gasteiger partial charge in [-0.05, 0) is 50.9 Å². The predicted octanol–water partition coefficient (Wildman–Crippen LogP) is 3.39. The Labute approximate surface area is 117 Å². The fourth-order valence-corrected chi connectivity index (χ4v) is 2.44. The zero-order valence-electron chi connectivity index (χ0n) is 12.9. The Morgan fingerprint density at radius 3 is 2.53 bits per heavy atom. The molecule has 0 amide bonds. The minimum atomic E-state index is 0.271. The molecule has 0 aromatic heterocycles. The molecule has 0 bridgehead atoms. The Morgan fingerprint density at radius 1 is 1.21 bits per heavy atom. The predicted molar refractivity (Wildman–Crippen MR) is 80.0 cm³/mol. The molecule has 0 saturated heterocycles. The van der Waals surface area contributed by atoms with Crippen LogP contribution in [0, 0.1) is 13.8 Å². The summed E-state index contributed by atoms with van der Waals surface area (Å²) in [6.45, 7) is 7.97. The number of methoxy groups -OCH3 is 1. The van der Waals surface area contributed by atoms with Gasteiger partial charge in [-0.3, -0.25) is 0 Å². The number of hydrogen-bond acceptors (Lipinski definition) is 3. The third-order valence-electron chi connectivity index (χ3n) is 3.31. The number of nitrogens with one attached hydrogen (secondary N) is 1. The van der Waals surface area contributed by atoms with Crippen molar-refractivity contribution >= 4 is 0 Å². The van der Waals surface area contributed by atoms with Gasteiger partial charge in [0, 0.05) is 24.8 Å². The van der Waals surface area contributed by atoms with E-state index in [9.17, 15) is 0 Å². The lowest BCUT2D eigenvalue weighted by atomic mass is 9.96. The second-order valence-electron chi connectivity index (χ2n) is 4.94. The van der Waals surface area contributed by atoms with E-state index >= 15 is 0 Å². The molecule has 0 spiro atoms. The third kappa shape index (κ3) is 4.51. The van der Waals surface area contributed by atoms with Gasteiger partial charge in [-0.1, -0.05) is 13.0 Å². The van der Waals surface area contributed by atoms with Crippen molar-refractivity contribution in [3.05, 3.63) is 28.8 Å². The van der Waals surface area contributed by atoms with E-state index in [0.717, 1.165) is 31.8 Å². The molecule has 0 fully saturated rings. The lowest BCUT2D eigenvalue weighted by Gasteiger charge is -2.22. The fraction of sp³-hybridized carbons (Fsp3) is 0.625. The van der Waals surface area contributed by atoms with E-state index in [2.05, 4.69) is 38.2 Å². The highest BCUT2D eigenvalue weighted by Gasteiger charge is 2.17. The number of ether oxygens (including phenoxy) is 2. The maximum atomic E-state index is 5.59. The lowest BCUT2D eigenvalue weighted by Crippen LogP contribution is -2.20. The average molecular weight is 265 g/mol. The van der Waals surface area contributed by atoms with Crippen molar-refractivity contribution in [2.45, 2.75) is 39.7 Å². The summed E-state index contributed by atoms with van der Waals surface area (Å²) in [6.07, 6.45) is 2.02. The van der Waals surface area contributed by atoms with Gasteiger partial charge in [0.1, 0.15) is 5.75 Å². The van der Waals surface area contributed by atoms with E-state index in [1.54, 1.807) is 7.11 Å². The van der Waals surface area contributed by atoms with Gasteiger partial charge < -0.3 is 14.8 Å². The van der Waals surface area contributed by atoms with Crippen molar-refractivity contribution in [1.82, 2.24) is 5.32 Å². The van der Waals surface area contributed by atoms with Gasteiger partial charge in [0.05, 0.1) is 7.11 Å². The summed E-state index contributed by atoms with van der Waals surface area (Å²) in [5, 5.41) is 3.37. The van der Waals surface area contributed by atoms with Crippen LogP contribution in [-0.4, -0.2) is 27.4 Å². The second-order valence-corrected chi connectivity index (χ2v) is 4.94. The molecule has 108 valence electrons. The molecule has 0 heterocycles. The van der Waals surface area contributed by atoms with Crippen LogP contribution in [0.25, 0.3) is 0 Å². The van der Waals surface area contributed by atoms with Gasteiger partial charge >= 0.3 is 0 Å². The molecular weight excluding hydrogens is 238 g/mol. The topological polar surface area (TPSA) is 30.5 Å². The standard InChI is InChI=1S/C16H27NO2/c1-6-8-19-9-7-14(17-4)16-13(3)10-12(2)11-15(16)18-5/h10-11,14,17H,6-9H2,1-5H3. The van der Waals surface area contributed by atoms with Gasteiger partial charge in [-0.2, -0.15) is 0 Å². The summed E-state index contributed by atoms with van der Waals surface area (Å²) in [5.41, 5.74) is 3.75. The number of aryl methyl sites for hydroxylation is 2. The first kappa shape index (κ1) is 16.0. The zero-order chi connectivity index (χ0) is 14.3. The minimum Gasteiger partial charge on any atom is -0.496 e. The first-order valence-electron chi connectivity index (χ1n) is 7.04. The molecule has 0 aliphatic carbocycles. The van der Waals surface area contributed by atoms with Crippen molar-refractivity contribution in [3.8, 4) is 5.75 Å². The van der Waals surface area contributed by atoms with Crippen molar-refractivity contribution in [2.24, 2.45) is 0 Å². The Hall–Kier alpha value is -1.06. The Morgan fingerprint density at radius 2 is 1.95 bits per heavy atom. The third-order valence-corrected chi connectivity index (χ3v) is 3.31.